The third-order valence-corrected chi connectivity index (χ3v) is 6.67. The largest absolute Gasteiger partial charge is 0.358 e. The van der Waals surface area contributed by atoms with Crippen molar-refractivity contribution in [2.24, 2.45) is 10.7 Å². The molecule has 0 unspecified atom stereocenters. The minimum Gasteiger partial charge on any atom is -0.358 e. The molecule has 1 saturated carbocycles. The van der Waals surface area contributed by atoms with E-state index < -0.39 is 0 Å². The fourth-order valence-corrected chi connectivity index (χ4v) is 4.81. The third-order valence-electron chi connectivity index (χ3n) is 6.43. The van der Waals surface area contributed by atoms with E-state index in [0.29, 0.717) is 25.2 Å². The zero-order valence-corrected chi connectivity index (χ0v) is 22.1. The molecule has 0 bridgehead atoms. The number of aliphatic imine (C=N–C) groups is 1. The number of halogens is 1. The Morgan fingerprint density at radius 1 is 1.22 bits per heavy atom. The van der Waals surface area contributed by atoms with Gasteiger partial charge in [-0.2, -0.15) is 0 Å². The number of allylic oxidation sites excluding steroid dienone is 1. The van der Waals surface area contributed by atoms with Crippen molar-refractivity contribution in [3.63, 3.8) is 0 Å². The average Bonchev–Trinajstić information content (AvgIpc) is 3.31. The maximum Gasteiger partial charge on any atom is 0.255 e. The molecule has 1 aromatic carbocycles. The number of aromatic nitrogens is 1. The monoisotopic (exact) mass is 621 g/mol. The maximum absolute atomic E-state index is 13.4. The second-order valence-electron chi connectivity index (χ2n) is 8.22. The zero-order chi connectivity index (χ0) is 21.0. The van der Waals surface area contributed by atoms with Gasteiger partial charge in [0.05, 0.1) is 12.1 Å². The second kappa shape index (κ2) is 11.9. The van der Waals surface area contributed by atoms with Gasteiger partial charge < -0.3 is 18.1 Å². The molecule has 4 rings (SSSR count). The molecule has 2 heterocycles. The van der Waals surface area contributed by atoms with Crippen LogP contribution in [-0.2, 0) is 26.5 Å². The van der Waals surface area contributed by atoms with Gasteiger partial charge in [0.15, 0.2) is 0 Å². The number of hydrogen-bond donors (Lipinski definition) is 1. The first-order valence-electron chi connectivity index (χ1n) is 10.5. The summed E-state index contributed by atoms with van der Waals surface area (Å²) >= 11 is 6.25. The van der Waals surface area contributed by atoms with E-state index in [0.717, 1.165) is 36.3 Å². The van der Waals surface area contributed by atoms with E-state index in [-0.39, 0.29) is 45.9 Å². The van der Waals surface area contributed by atoms with Crippen LogP contribution < -0.4 is 5.73 Å². The summed E-state index contributed by atoms with van der Waals surface area (Å²) in [5.41, 5.74) is 9.18. The van der Waals surface area contributed by atoms with Crippen LogP contribution in [0.3, 0.4) is 0 Å². The summed E-state index contributed by atoms with van der Waals surface area (Å²) in [6, 6.07) is 11.9. The molecule has 0 spiro atoms. The van der Waals surface area contributed by atoms with E-state index in [9.17, 15) is 4.79 Å². The van der Waals surface area contributed by atoms with Gasteiger partial charge in [-0.1, -0.05) is 23.7 Å². The van der Waals surface area contributed by atoms with E-state index >= 15 is 0 Å². The van der Waals surface area contributed by atoms with Gasteiger partial charge in [0.2, 0.25) is 0 Å². The van der Waals surface area contributed by atoms with Crippen LogP contribution in [0.25, 0.3) is 0 Å². The Balaban J connectivity index is 0.00000181. The Kier molecular flexibility index (Phi) is 9.81. The van der Waals surface area contributed by atoms with Crippen molar-refractivity contribution < 1.29 is 25.9 Å². The molecule has 2 aliphatic rings. The number of hydrogen-bond acceptors (Lipinski definition) is 4. The third kappa shape index (κ3) is 5.75. The van der Waals surface area contributed by atoms with Crippen LogP contribution in [0, 0.1) is 7.43 Å². The summed E-state index contributed by atoms with van der Waals surface area (Å²) in [6.07, 6.45) is 10.9. The Morgan fingerprint density at radius 3 is 2.59 bits per heavy atom. The summed E-state index contributed by atoms with van der Waals surface area (Å²) in [4.78, 5) is 23.8. The van der Waals surface area contributed by atoms with Crippen LogP contribution in [0.5, 0.6) is 0 Å². The molecule has 170 valence electrons. The number of nitrogens with two attached hydrogens (primary N) is 1. The van der Waals surface area contributed by atoms with Gasteiger partial charge >= 0.3 is 0 Å². The molecule has 1 fully saturated rings. The van der Waals surface area contributed by atoms with Crippen molar-refractivity contribution >= 4 is 23.7 Å². The number of rotatable bonds is 6. The number of nitrogens with zero attached hydrogens (tertiary/aromatic N) is 3. The standard InChI is InChI=1S/C24H27ClN4O.CH3.W/c25-21-5-1-4-20(13-21)24(17-26)9-6-22(7-10-24)29(16-18-8-12-28-14-18)23(30)19-3-2-11-27-15-19;;/h1-5,8,11-13,15,22H,6-7,9-10,14,16-17,26H2;1H3;/q;-1;. The molecule has 1 amide bonds. The van der Waals surface area contributed by atoms with E-state index in [4.69, 9.17) is 17.3 Å². The molecule has 0 atom stereocenters. The van der Waals surface area contributed by atoms with Crippen molar-refractivity contribution in [2.45, 2.75) is 37.1 Å². The van der Waals surface area contributed by atoms with Crippen LogP contribution >= 0.6 is 11.6 Å². The number of carbonyl (C=O) groups is 1. The Bertz CT molecular complexity index is 955. The summed E-state index contributed by atoms with van der Waals surface area (Å²) < 4.78 is 0. The van der Waals surface area contributed by atoms with Gasteiger partial charge in [-0.15, -0.1) is 0 Å². The van der Waals surface area contributed by atoms with Crippen LogP contribution in [-0.4, -0.2) is 47.7 Å². The summed E-state index contributed by atoms with van der Waals surface area (Å²) in [6.45, 7) is 1.85. The molecule has 7 heteroatoms. The Labute approximate surface area is 210 Å². The topological polar surface area (TPSA) is 71.6 Å². The van der Waals surface area contributed by atoms with Gasteiger partial charge in [-0.05, 0) is 67.2 Å². The minimum absolute atomic E-state index is 0. The minimum atomic E-state index is -0.0832. The van der Waals surface area contributed by atoms with E-state index in [1.54, 1.807) is 12.4 Å². The van der Waals surface area contributed by atoms with E-state index in [2.05, 4.69) is 16.0 Å². The average molecular weight is 622 g/mol. The molecule has 2 N–H and O–H groups in total. The molecule has 1 aromatic heterocycles. The van der Waals surface area contributed by atoms with Gasteiger partial charge in [0.25, 0.3) is 5.91 Å². The first-order chi connectivity index (χ1) is 14.6. The first kappa shape index (κ1) is 26.4. The van der Waals surface area contributed by atoms with Gasteiger partial charge in [0.1, 0.15) is 0 Å². The van der Waals surface area contributed by atoms with Crippen molar-refractivity contribution in [3.8, 4) is 0 Å². The van der Waals surface area contributed by atoms with Gasteiger partial charge in [-0.25, -0.2) is 0 Å². The van der Waals surface area contributed by atoms with Crippen LogP contribution in [0.2, 0.25) is 5.02 Å². The van der Waals surface area contributed by atoms with Gasteiger partial charge in [0, 0.05) is 69.2 Å². The number of pyridine rings is 1. The summed E-state index contributed by atoms with van der Waals surface area (Å²) in [5.74, 6) is 0.0314. The SMILES string of the molecule is NCC1(c2cccc(Cl)c2)CCC(N(CC2=CC=NC2)C(=O)c2cccnc2)CC1.[CH3-].[W]. The quantitative estimate of drug-likeness (QED) is 0.484. The molecule has 5 nitrogen and oxygen atoms in total. The van der Waals surface area contributed by atoms with E-state index in [1.165, 1.54) is 5.56 Å². The molecule has 0 radical (unpaired) electrons. The van der Waals surface area contributed by atoms with Crippen molar-refractivity contribution in [1.82, 2.24) is 9.88 Å². The molecule has 1 aliphatic heterocycles. The Morgan fingerprint density at radius 2 is 2.00 bits per heavy atom. The van der Waals surface area contributed by atoms with Crippen LogP contribution in [0.15, 0.2) is 65.4 Å². The number of benzene rings is 1. The first-order valence-corrected chi connectivity index (χ1v) is 10.8. The zero-order valence-electron chi connectivity index (χ0n) is 18.4. The summed E-state index contributed by atoms with van der Waals surface area (Å²) in [7, 11) is 0. The molecule has 0 saturated heterocycles. The fraction of sp³-hybridized carbons (Fsp3) is 0.360. The number of carbonyl (C=O) groups excluding carboxylic acids is 1. The molecule has 32 heavy (non-hydrogen) atoms. The molecular weight excluding hydrogens is 592 g/mol. The Hall–Kier alpha value is -1.81. The normalized spacial score (nSPS) is 21.8. The van der Waals surface area contributed by atoms with E-state index in [1.807, 2.05) is 47.5 Å². The molecule has 2 aromatic rings. The molecule has 1 aliphatic carbocycles. The maximum atomic E-state index is 13.4. The molecular formula is C25H30ClN4OW-. The van der Waals surface area contributed by atoms with Crippen LogP contribution in [0.4, 0.5) is 0 Å². The van der Waals surface area contributed by atoms with Crippen LogP contribution in [0.1, 0.15) is 41.6 Å². The predicted octanol–water partition coefficient (Wildman–Crippen LogP) is 4.48. The summed E-state index contributed by atoms with van der Waals surface area (Å²) in [5, 5.41) is 0.740. The van der Waals surface area contributed by atoms with Crippen molar-refractivity contribution in [2.75, 3.05) is 19.6 Å². The second-order valence-corrected chi connectivity index (χ2v) is 8.65. The predicted molar refractivity (Wildman–Crippen MR) is 128 cm³/mol. The van der Waals surface area contributed by atoms with Crippen molar-refractivity contribution in [1.29, 1.82) is 0 Å². The smallest absolute Gasteiger partial charge is 0.255 e. The van der Waals surface area contributed by atoms with Crippen molar-refractivity contribution in [3.05, 3.63) is 84.0 Å². The number of amides is 1. The fourth-order valence-electron chi connectivity index (χ4n) is 4.62. The van der Waals surface area contributed by atoms with Gasteiger partial charge in [-0.3, -0.25) is 14.8 Å².